The van der Waals surface area contributed by atoms with Crippen LogP contribution in [-0.2, 0) is 0 Å². The second-order valence-corrected chi connectivity index (χ2v) is 5.66. The molecule has 0 aromatic rings. The second kappa shape index (κ2) is 120. The van der Waals surface area contributed by atoms with E-state index in [4.69, 9.17) is 0 Å². The number of hydrogen-bond acceptors (Lipinski definition) is 0. The monoisotopic (exact) mass is 481 g/mol. The van der Waals surface area contributed by atoms with Crippen LogP contribution in [0.4, 0.5) is 0 Å². The van der Waals surface area contributed by atoms with Crippen molar-refractivity contribution < 1.29 is 0 Å². The minimum atomic E-state index is 0. The minimum absolute atomic E-state index is 0. The highest BCUT2D eigenvalue weighted by Crippen LogP contribution is 2.16. The third-order valence-electron chi connectivity index (χ3n) is 4.00. The van der Waals surface area contributed by atoms with Crippen molar-refractivity contribution in [3.8, 4) is 0 Å². The fraction of sp³-hybridized carbons (Fsp3) is 1.00. The molecule has 0 aromatic carbocycles. The first-order valence-electron chi connectivity index (χ1n) is 16.0. The maximum atomic E-state index is 2.00. The summed E-state index contributed by atoms with van der Waals surface area (Å²) in [4.78, 5) is 0. The van der Waals surface area contributed by atoms with E-state index in [1.807, 2.05) is 111 Å². The summed E-state index contributed by atoms with van der Waals surface area (Å²) in [5.74, 6) is 0. The van der Waals surface area contributed by atoms with Crippen molar-refractivity contribution in [2.45, 2.75) is 221 Å². The molecule has 0 aliphatic heterocycles. The Hall–Kier alpha value is 0. The molecule has 0 amide bonds. The predicted molar refractivity (Wildman–Crippen MR) is 171 cm³/mol. The summed E-state index contributed by atoms with van der Waals surface area (Å²) in [5.41, 5.74) is 0. The lowest BCUT2D eigenvalue weighted by Gasteiger charge is -2.05. The molecule has 0 nitrogen and oxygen atoms in total. The standard InChI is InChI=1S/4C4H8.8C2H6.CH4/c4*1-2-4-3-1;8*1-2;/h4*1-4H2;8*1-2H3;1H4. The van der Waals surface area contributed by atoms with E-state index >= 15 is 0 Å². The van der Waals surface area contributed by atoms with Gasteiger partial charge >= 0.3 is 0 Å². The molecule has 0 heterocycles. The van der Waals surface area contributed by atoms with E-state index < -0.39 is 0 Å². The SMILES string of the molecule is C.C1CCC1.C1CCC1.C1CCC1.C1CCC1.CC.CC.CC.CC.CC.CC.CC.CC. The highest BCUT2D eigenvalue weighted by atomic mass is 14.0. The largest absolute Gasteiger partial charge is 0.0776 e. The van der Waals surface area contributed by atoms with Crippen LogP contribution in [-0.4, -0.2) is 0 Å². The van der Waals surface area contributed by atoms with Crippen LogP contribution in [0.2, 0.25) is 0 Å². The molecule has 0 bridgehead atoms. The molecule has 0 spiro atoms. The molecule has 4 rings (SSSR count). The van der Waals surface area contributed by atoms with Gasteiger partial charge in [-0.05, 0) is 0 Å². The molecule has 4 fully saturated rings. The van der Waals surface area contributed by atoms with Gasteiger partial charge in [-0.25, -0.2) is 0 Å². The molecule has 0 atom stereocenters. The summed E-state index contributed by atoms with van der Waals surface area (Å²) in [6.45, 7) is 32.0. The normalized spacial score (nSPS) is 13.1. The van der Waals surface area contributed by atoms with Crippen LogP contribution in [0, 0.1) is 0 Å². The first kappa shape index (κ1) is 58.7. The Morgan fingerprint density at radius 1 is 0.152 bits per heavy atom. The summed E-state index contributed by atoms with van der Waals surface area (Å²) >= 11 is 0. The molecule has 0 saturated heterocycles. The van der Waals surface area contributed by atoms with E-state index in [1.54, 1.807) is 0 Å². The summed E-state index contributed by atoms with van der Waals surface area (Å²) in [6.07, 6.45) is 24.0. The lowest BCUT2D eigenvalue weighted by Crippen LogP contribution is -1.85. The van der Waals surface area contributed by atoms with E-state index in [0.29, 0.717) is 0 Å². The van der Waals surface area contributed by atoms with E-state index in [2.05, 4.69) is 0 Å². The van der Waals surface area contributed by atoms with E-state index in [1.165, 1.54) is 103 Å². The Balaban J connectivity index is -0.0000000278. The zero-order valence-electron chi connectivity index (χ0n) is 27.3. The minimum Gasteiger partial charge on any atom is -0.0776 e. The molecule has 0 N–H and O–H groups in total. The zero-order valence-corrected chi connectivity index (χ0v) is 27.3. The van der Waals surface area contributed by atoms with Gasteiger partial charge in [-0.3, -0.25) is 0 Å². The van der Waals surface area contributed by atoms with Crippen molar-refractivity contribution in [3.63, 3.8) is 0 Å². The molecule has 4 aliphatic rings. The summed E-state index contributed by atoms with van der Waals surface area (Å²) in [5, 5.41) is 0. The first-order chi connectivity index (χ1) is 16.0. The summed E-state index contributed by atoms with van der Waals surface area (Å²) in [7, 11) is 0. The van der Waals surface area contributed by atoms with Gasteiger partial charge < -0.3 is 0 Å². The van der Waals surface area contributed by atoms with E-state index in [-0.39, 0.29) is 7.43 Å². The van der Waals surface area contributed by atoms with Crippen LogP contribution >= 0.6 is 0 Å². The fourth-order valence-corrected chi connectivity index (χ4v) is 1.000. The molecule has 0 unspecified atom stereocenters. The second-order valence-electron chi connectivity index (χ2n) is 5.66. The van der Waals surface area contributed by atoms with Gasteiger partial charge in [-0.1, -0.05) is 221 Å². The first-order valence-corrected chi connectivity index (χ1v) is 16.0. The van der Waals surface area contributed by atoms with Gasteiger partial charge in [0.15, 0.2) is 0 Å². The zero-order chi connectivity index (χ0) is 27.3. The summed E-state index contributed by atoms with van der Waals surface area (Å²) < 4.78 is 0. The highest BCUT2D eigenvalue weighted by Gasteiger charge is 1.96. The maximum Gasteiger partial charge on any atom is -0.0533 e. The topological polar surface area (TPSA) is 0 Å². The summed E-state index contributed by atoms with van der Waals surface area (Å²) in [6, 6.07) is 0. The van der Waals surface area contributed by atoms with Crippen molar-refractivity contribution in [2.75, 3.05) is 0 Å². The van der Waals surface area contributed by atoms with Crippen LogP contribution in [0.5, 0.6) is 0 Å². The molecule has 216 valence electrons. The van der Waals surface area contributed by atoms with Gasteiger partial charge in [0.25, 0.3) is 0 Å². The average molecular weight is 481 g/mol. The Kier molecular flexibility index (Phi) is 214. The molecule has 33 heavy (non-hydrogen) atoms. The lowest BCUT2D eigenvalue weighted by molar-refractivity contribution is 0.504. The highest BCUT2D eigenvalue weighted by molar-refractivity contribution is 4.52. The van der Waals surface area contributed by atoms with E-state index in [9.17, 15) is 0 Å². The smallest absolute Gasteiger partial charge is 0.0533 e. The van der Waals surface area contributed by atoms with Crippen molar-refractivity contribution in [1.82, 2.24) is 0 Å². The van der Waals surface area contributed by atoms with Crippen LogP contribution in [0.15, 0.2) is 0 Å². The maximum absolute atomic E-state index is 2.00. The number of rotatable bonds is 0. The Bertz CT molecular complexity index is 64.0. The third-order valence-corrected chi connectivity index (χ3v) is 4.00. The molecule has 4 saturated carbocycles. The fourth-order valence-electron chi connectivity index (χ4n) is 1.000. The van der Waals surface area contributed by atoms with Crippen LogP contribution in [0.1, 0.15) is 221 Å². The van der Waals surface area contributed by atoms with Crippen molar-refractivity contribution >= 4 is 0 Å². The van der Waals surface area contributed by atoms with Gasteiger partial charge in [-0.15, -0.1) is 0 Å². The van der Waals surface area contributed by atoms with Crippen molar-refractivity contribution in [1.29, 1.82) is 0 Å². The quantitative estimate of drug-likeness (QED) is 0.323. The van der Waals surface area contributed by atoms with E-state index in [0.717, 1.165) is 0 Å². The molecule has 0 heteroatoms. The molecule has 0 radical (unpaired) electrons. The Morgan fingerprint density at radius 2 is 0.182 bits per heavy atom. The number of hydrogen-bond donors (Lipinski definition) is 0. The van der Waals surface area contributed by atoms with Crippen LogP contribution in [0.3, 0.4) is 0 Å². The lowest BCUT2D eigenvalue weighted by atomic mass is 10.0. The van der Waals surface area contributed by atoms with Gasteiger partial charge in [0.1, 0.15) is 0 Å². The van der Waals surface area contributed by atoms with Crippen LogP contribution in [0.25, 0.3) is 0 Å². The van der Waals surface area contributed by atoms with Crippen LogP contribution < -0.4 is 0 Å². The van der Waals surface area contributed by atoms with Gasteiger partial charge in [-0.2, -0.15) is 0 Å². The van der Waals surface area contributed by atoms with Crippen molar-refractivity contribution in [3.05, 3.63) is 0 Å². The van der Waals surface area contributed by atoms with Gasteiger partial charge in [0, 0.05) is 0 Å². The third kappa shape index (κ3) is 112. The van der Waals surface area contributed by atoms with Crippen molar-refractivity contribution in [2.24, 2.45) is 0 Å². The van der Waals surface area contributed by atoms with Gasteiger partial charge in [0.2, 0.25) is 0 Å². The Labute approximate surface area is 220 Å². The molecule has 4 aliphatic carbocycles. The average Bonchev–Trinajstić information content (AvgIpc) is 2.75. The molecule has 0 aromatic heterocycles. The molecular formula is C33H84. The Morgan fingerprint density at radius 3 is 0.182 bits per heavy atom. The van der Waals surface area contributed by atoms with Gasteiger partial charge in [0.05, 0.1) is 0 Å². The molecular weight excluding hydrogens is 396 g/mol. The predicted octanol–water partition coefficient (Wildman–Crippen LogP) is 15.1.